The molecule has 8 heteroatoms. The molecule has 2 rings (SSSR count). The zero-order valence-electron chi connectivity index (χ0n) is 12.9. The lowest BCUT2D eigenvalue weighted by Gasteiger charge is -2.21. The molecule has 21 heavy (non-hydrogen) atoms. The fourth-order valence-electron chi connectivity index (χ4n) is 2.70. The van der Waals surface area contributed by atoms with Crippen molar-refractivity contribution in [2.75, 3.05) is 26.2 Å². The van der Waals surface area contributed by atoms with Gasteiger partial charge in [-0.2, -0.15) is 9.40 Å². The van der Waals surface area contributed by atoms with Crippen molar-refractivity contribution in [3.63, 3.8) is 0 Å². The van der Waals surface area contributed by atoms with Crippen molar-refractivity contribution in [2.45, 2.75) is 44.7 Å². The average molecular weight is 316 g/mol. The van der Waals surface area contributed by atoms with E-state index in [1.54, 1.807) is 18.5 Å². The Bertz CT molecular complexity index is 597. The molecule has 1 aromatic rings. The number of aryl methyl sites for hydroxylation is 1. The molecule has 7 nitrogen and oxygen atoms in total. The number of rotatable bonds is 4. The molecule has 0 aliphatic carbocycles. The van der Waals surface area contributed by atoms with Gasteiger partial charge in [-0.25, -0.2) is 8.42 Å². The molecule has 1 saturated heterocycles. The van der Waals surface area contributed by atoms with Crippen molar-refractivity contribution in [3.8, 4) is 0 Å². The van der Waals surface area contributed by atoms with E-state index in [1.807, 2.05) is 6.92 Å². The van der Waals surface area contributed by atoms with E-state index in [9.17, 15) is 8.42 Å². The zero-order chi connectivity index (χ0) is 15.6. The van der Waals surface area contributed by atoms with E-state index < -0.39 is 10.0 Å². The molecule has 1 aliphatic rings. The Morgan fingerprint density at radius 2 is 2.14 bits per heavy atom. The molecule has 0 aromatic carbocycles. The summed E-state index contributed by atoms with van der Waals surface area (Å²) in [5.41, 5.74) is 6.72. The predicted molar refractivity (Wildman–Crippen MR) is 79.5 cm³/mol. The molecule has 2 N–H and O–H groups in total. The van der Waals surface area contributed by atoms with Crippen molar-refractivity contribution < 1.29 is 13.2 Å². The molecule has 0 saturated carbocycles. The van der Waals surface area contributed by atoms with Crippen LogP contribution in [0.15, 0.2) is 4.90 Å². The van der Waals surface area contributed by atoms with Gasteiger partial charge < -0.3 is 10.5 Å². The minimum absolute atomic E-state index is 0.0954. The molecule has 1 unspecified atom stereocenters. The molecule has 120 valence electrons. The highest BCUT2D eigenvalue weighted by Gasteiger charge is 2.32. The second kappa shape index (κ2) is 6.43. The van der Waals surface area contributed by atoms with Crippen LogP contribution in [0.3, 0.4) is 0 Å². The largest absolute Gasteiger partial charge is 0.377 e. The summed E-state index contributed by atoms with van der Waals surface area (Å²) < 4.78 is 34.6. The Labute approximate surface area is 126 Å². The van der Waals surface area contributed by atoms with Crippen LogP contribution < -0.4 is 5.73 Å². The van der Waals surface area contributed by atoms with Crippen LogP contribution in [0.4, 0.5) is 0 Å². The maximum Gasteiger partial charge on any atom is 0.246 e. The summed E-state index contributed by atoms with van der Waals surface area (Å²) >= 11 is 0. The van der Waals surface area contributed by atoms with Crippen LogP contribution in [-0.2, 0) is 21.3 Å². The first-order valence-electron chi connectivity index (χ1n) is 7.23. The minimum atomic E-state index is -3.55. The summed E-state index contributed by atoms with van der Waals surface area (Å²) in [7, 11) is -3.55. The summed E-state index contributed by atoms with van der Waals surface area (Å²) in [6, 6.07) is 0. The highest BCUT2D eigenvalue weighted by molar-refractivity contribution is 7.89. The van der Waals surface area contributed by atoms with E-state index in [4.69, 9.17) is 10.5 Å². The van der Waals surface area contributed by atoms with Gasteiger partial charge in [-0.3, -0.25) is 4.68 Å². The lowest BCUT2D eigenvalue weighted by Crippen LogP contribution is -2.36. The molecule has 0 bridgehead atoms. The number of hydrogen-bond donors (Lipinski definition) is 1. The van der Waals surface area contributed by atoms with E-state index in [0.717, 1.165) is 0 Å². The highest BCUT2D eigenvalue weighted by atomic mass is 32.2. The third kappa shape index (κ3) is 3.28. The van der Waals surface area contributed by atoms with Crippen LogP contribution >= 0.6 is 0 Å². The summed E-state index contributed by atoms with van der Waals surface area (Å²) in [6.07, 6.45) is 0.612. The second-order valence-corrected chi connectivity index (χ2v) is 7.28. The average Bonchev–Trinajstić information content (AvgIpc) is 2.59. The Balaban J connectivity index is 2.39. The number of aromatic nitrogens is 2. The van der Waals surface area contributed by atoms with Crippen LogP contribution in [0.5, 0.6) is 0 Å². The van der Waals surface area contributed by atoms with Gasteiger partial charge in [0.05, 0.1) is 24.0 Å². The quantitative estimate of drug-likeness (QED) is 0.860. The smallest absolute Gasteiger partial charge is 0.246 e. The van der Waals surface area contributed by atoms with E-state index in [2.05, 4.69) is 5.10 Å². The lowest BCUT2D eigenvalue weighted by molar-refractivity contribution is 0.0752. The molecule has 0 spiro atoms. The van der Waals surface area contributed by atoms with E-state index in [0.29, 0.717) is 55.5 Å². The fraction of sp³-hybridized carbons (Fsp3) is 0.769. The lowest BCUT2D eigenvalue weighted by atomic mass is 10.4. The molecular weight excluding hydrogens is 292 g/mol. The zero-order valence-corrected chi connectivity index (χ0v) is 13.7. The third-order valence-corrected chi connectivity index (χ3v) is 5.79. The van der Waals surface area contributed by atoms with E-state index >= 15 is 0 Å². The number of nitrogens with two attached hydrogens (primary N) is 1. The van der Waals surface area contributed by atoms with Crippen LogP contribution in [0.2, 0.25) is 0 Å². The van der Waals surface area contributed by atoms with Crippen molar-refractivity contribution in [1.29, 1.82) is 0 Å². The summed E-state index contributed by atoms with van der Waals surface area (Å²) in [6.45, 7) is 7.79. The van der Waals surface area contributed by atoms with Crippen molar-refractivity contribution in [3.05, 3.63) is 11.4 Å². The van der Waals surface area contributed by atoms with Crippen LogP contribution in [-0.4, -0.2) is 54.8 Å². The number of ether oxygens (including phenoxy) is 1. The number of sulfonamides is 1. The number of hydrogen-bond acceptors (Lipinski definition) is 5. The topological polar surface area (TPSA) is 90.5 Å². The molecule has 1 aliphatic heterocycles. The van der Waals surface area contributed by atoms with Gasteiger partial charge in [-0.15, -0.1) is 0 Å². The van der Waals surface area contributed by atoms with Crippen LogP contribution in [0.1, 0.15) is 24.7 Å². The van der Waals surface area contributed by atoms with Gasteiger partial charge in [0.2, 0.25) is 10.0 Å². The van der Waals surface area contributed by atoms with Crippen LogP contribution in [0.25, 0.3) is 0 Å². The fourth-order valence-corrected chi connectivity index (χ4v) is 4.62. The number of nitrogens with zero attached hydrogens (tertiary/aromatic N) is 3. The maximum absolute atomic E-state index is 12.9. The molecule has 1 aromatic heterocycles. The first-order chi connectivity index (χ1) is 9.87. The normalized spacial score (nSPS) is 21.4. The summed E-state index contributed by atoms with van der Waals surface area (Å²) in [4.78, 5) is 0.310. The Morgan fingerprint density at radius 3 is 2.81 bits per heavy atom. The van der Waals surface area contributed by atoms with Crippen LogP contribution in [0, 0.1) is 13.8 Å². The van der Waals surface area contributed by atoms with Gasteiger partial charge in [0.1, 0.15) is 4.90 Å². The molecule has 1 atom stereocenters. The van der Waals surface area contributed by atoms with Crippen molar-refractivity contribution >= 4 is 10.0 Å². The van der Waals surface area contributed by atoms with Gasteiger partial charge >= 0.3 is 0 Å². The first-order valence-corrected chi connectivity index (χ1v) is 8.67. The van der Waals surface area contributed by atoms with E-state index in [1.165, 1.54) is 4.31 Å². The maximum atomic E-state index is 12.9. The summed E-state index contributed by atoms with van der Waals surface area (Å²) in [5, 5.41) is 4.30. The Hall–Kier alpha value is -0.960. The van der Waals surface area contributed by atoms with Gasteiger partial charge in [-0.1, -0.05) is 0 Å². The Kier molecular flexibility index (Phi) is 5.03. The van der Waals surface area contributed by atoms with Gasteiger partial charge in [0.25, 0.3) is 0 Å². The summed E-state index contributed by atoms with van der Waals surface area (Å²) in [5.74, 6) is 0. The molecule has 2 heterocycles. The molecule has 1 fully saturated rings. The van der Waals surface area contributed by atoms with Gasteiger partial charge in [0, 0.05) is 26.2 Å². The monoisotopic (exact) mass is 316 g/mol. The van der Waals surface area contributed by atoms with Crippen molar-refractivity contribution in [2.24, 2.45) is 5.73 Å². The van der Waals surface area contributed by atoms with Gasteiger partial charge in [-0.05, 0) is 27.2 Å². The molecular formula is C13H24N4O3S. The van der Waals surface area contributed by atoms with E-state index in [-0.39, 0.29) is 6.10 Å². The van der Waals surface area contributed by atoms with Crippen molar-refractivity contribution in [1.82, 2.24) is 14.1 Å². The highest BCUT2D eigenvalue weighted by Crippen LogP contribution is 2.25. The molecule has 0 radical (unpaired) electrons. The standard InChI is InChI=1S/C13H24N4O3S/c1-10-9-16(6-4-8-20-10)21(18,19)13-11(2)15-17(7-5-14)12(13)3/h10H,4-9,14H2,1-3H3. The first kappa shape index (κ1) is 16.4. The Morgan fingerprint density at radius 1 is 1.43 bits per heavy atom. The van der Waals surface area contributed by atoms with Gasteiger partial charge in [0.15, 0.2) is 0 Å². The molecule has 0 amide bonds. The predicted octanol–water partition coefficient (Wildman–Crippen LogP) is 0.258. The minimum Gasteiger partial charge on any atom is -0.377 e. The third-order valence-electron chi connectivity index (χ3n) is 3.67. The second-order valence-electron chi connectivity index (χ2n) is 5.41. The SMILES string of the molecule is Cc1nn(CCN)c(C)c1S(=O)(=O)N1CCCOC(C)C1.